The van der Waals surface area contributed by atoms with E-state index in [1.807, 2.05) is 11.8 Å². The van der Waals surface area contributed by atoms with E-state index in [1.165, 1.54) is 0 Å². The molecule has 4 heteroatoms. The molecule has 0 aromatic carbocycles. The Labute approximate surface area is 117 Å². The summed E-state index contributed by atoms with van der Waals surface area (Å²) in [6, 6.07) is 0.295. The van der Waals surface area contributed by atoms with Gasteiger partial charge in [0, 0.05) is 38.5 Å². The van der Waals surface area contributed by atoms with Crippen molar-refractivity contribution < 1.29 is 9.90 Å². The van der Waals surface area contributed by atoms with Crippen LogP contribution in [-0.4, -0.2) is 47.7 Å². The monoisotopic (exact) mass is 270 g/mol. The Morgan fingerprint density at radius 2 is 2.05 bits per heavy atom. The maximum atomic E-state index is 11.6. The Morgan fingerprint density at radius 1 is 1.42 bits per heavy atom. The van der Waals surface area contributed by atoms with Crippen LogP contribution in [0.3, 0.4) is 0 Å². The molecule has 1 aliphatic rings. The van der Waals surface area contributed by atoms with Crippen LogP contribution in [-0.2, 0) is 4.79 Å². The van der Waals surface area contributed by atoms with Gasteiger partial charge in [-0.05, 0) is 18.3 Å². The van der Waals surface area contributed by atoms with Crippen molar-refractivity contribution in [2.45, 2.75) is 59.6 Å². The van der Waals surface area contributed by atoms with E-state index in [0.29, 0.717) is 12.6 Å². The highest BCUT2D eigenvalue weighted by atomic mass is 16.3. The number of hydrogen-bond donors (Lipinski definition) is 2. The summed E-state index contributed by atoms with van der Waals surface area (Å²) in [4.78, 5) is 13.5. The summed E-state index contributed by atoms with van der Waals surface area (Å²) in [6.45, 7) is 12.6. The Kier molecular flexibility index (Phi) is 5.81. The first-order chi connectivity index (χ1) is 8.73. The number of piperidine rings is 1. The van der Waals surface area contributed by atoms with Crippen molar-refractivity contribution in [2.75, 3.05) is 19.6 Å². The summed E-state index contributed by atoms with van der Waals surface area (Å²) in [7, 11) is 0. The van der Waals surface area contributed by atoms with Crippen molar-refractivity contribution in [3.05, 3.63) is 0 Å². The van der Waals surface area contributed by atoms with Gasteiger partial charge in [-0.25, -0.2) is 0 Å². The molecule has 3 unspecified atom stereocenters. The zero-order chi connectivity index (χ0) is 14.6. The number of nitrogens with zero attached hydrogens (tertiary/aromatic N) is 1. The van der Waals surface area contributed by atoms with Crippen LogP contribution >= 0.6 is 0 Å². The van der Waals surface area contributed by atoms with Gasteiger partial charge < -0.3 is 15.3 Å². The van der Waals surface area contributed by atoms with Gasteiger partial charge in [0.05, 0.1) is 6.10 Å². The third-order valence-corrected chi connectivity index (χ3v) is 3.81. The van der Waals surface area contributed by atoms with E-state index in [0.717, 1.165) is 25.9 Å². The van der Waals surface area contributed by atoms with Crippen LogP contribution in [0.1, 0.15) is 47.5 Å². The molecule has 4 nitrogen and oxygen atoms in total. The van der Waals surface area contributed by atoms with Crippen LogP contribution in [0.25, 0.3) is 0 Å². The summed E-state index contributed by atoms with van der Waals surface area (Å²) in [5.74, 6) is 0.302. The number of amides is 1. The topological polar surface area (TPSA) is 52.6 Å². The van der Waals surface area contributed by atoms with Gasteiger partial charge in [0.1, 0.15) is 0 Å². The predicted octanol–water partition coefficient (Wildman–Crippen LogP) is 1.63. The summed E-state index contributed by atoms with van der Waals surface area (Å²) >= 11 is 0. The molecule has 1 amide bonds. The highest BCUT2D eigenvalue weighted by Gasteiger charge is 2.32. The van der Waals surface area contributed by atoms with E-state index >= 15 is 0 Å². The minimum atomic E-state index is -0.305. The van der Waals surface area contributed by atoms with E-state index in [-0.39, 0.29) is 23.3 Å². The van der Waals surface area contributed by atoms with Crippen LogP contribution in [0.2, 0.25) is 0 Å². The second kappa shape index (κ2) is 6.71. The van der Waals surface area contributed by atoms with Crippen molar-refractivity contribution in [1.29, 1.82) is 0 Å². The van der Waals surface area contributed by atoms with Gasteiger partial charge in [0.15, 0.2) is 0 Å². The first-order valence-electron chi connectivity index (χ1n) is 7.40. The molecule has 1 saturated heterocycles. The molecule has 0 aliphatic carbocycles. The zero-order valence-corrected chi connectivity index (χ0v) is 13.1. The molecule has 2 N–H and O–H groups in total. The number of likely N-dealkylation sites (tertiary alicyclic amines) is 1. The molecule has 1 heterocycles. The third kappa shape index (κ3) is 5.49. The van der Waals surface area contributed by atoms with E-state index in [1.54, 1.807) is 6.92 Å². The number of hydrogen-bond acceptors (Lipinski definition) is 3. The molecule has 0 aromatic heterocycles. The van der Waals surface area contributed by atoms with Crippen LogP contribution in [0, 0.1) is 11.3 Å². The van der Waals surface area contributed by atoms with Gasteiger partial charge in [-0.2, -0.15) is 0 Å². The van der Waals surface area contributed by atoms with Gasteiger partial charge in [-0.1, -0.05) is 27.7 Å². The maximum Gasteiger partial charge on any atom is 0.219 e. The molecule has 0 radical (unpaired) electrons. The Bertz CT molecular complexity index is 299. The summed E-state index contributed by atoms with van der Waals surface area (Å²) < 4.78 is 0. The minimum absolute atomic E-state index is 0.107. The van der Waals surface area contributed by atoms with Crippen LogP contribution in [0.5, 0.6) is 0 Å². The lowest BCUT2D eigenvalue weighted by molar-refractivity contribution is -0.132. The van der Waals surface area contributed by atoms with Crippen molar-refractivity contribution in [1.82, 2.24) is 10.2 Å². The fourth-order valence-corrected chi connectivity index (χ4v) is 2.61. The average Bonchev–Trinajstić information content (AvgIpc) is 2.34. The molecular formula is C15H30N2O2. The largest absolute Gasteiger partial charge is 0.393 e. The Balaban J connectivity index is 2.62. The van der Waals surface area contributed by atoms with Gasteiger partial charge in [-0.15, -0.1) is 0 Å². The second-order valence-corrected chi connectivity index (χ2v) is 7.03. The van der Waals surface area contributed by atoms with E-state index in [9.17, 15) is 9.90 Å². The number of aliphatic hydroxyl groups is 1. The lowest BCUT2D eigenvalue weighted by Crippen LogP contribution is -2.54. The van der Waals surface area contributed by atoms with Gasteiger partial charge in [0.2, 0.25) is 5.91 Å². The molecule has 112 valence electrons. The first-order valence-corrected chi connectivity index (χ1v) is 7.40. The predicted molar refractivity (Wildman–Crippen MR) is 77.9 cm³/mol. The molecule has 1 fully saturated rings. The highest BCUT2D eigenvalue weighted by molar-refractivity contribution is 5.73. The smallest absolute Gasteiger partial charge is 0.219 e. The molecule has 1 aliphatic heterocycles. The summed E-state index contributed by atoms with van der Waals surface area (Å²) in [6.07, 6.45) is 1.40. The number of carbonyl (C=O) groups excluding carboxylic acids is 1. The molecule has 0 bridgehead atoms. The molecule has 0 spiro atoms. The summed E-state index contributed by atoms with van der Waals surface area (Å²) in [5.41, 5.74) is 0.234. The van der Waals surface area contributed by atoms with Gasteiger partial charge >= 0.3 is 0 Å². The second-order valence-electron chi connectivity index (χ2n) is 7.03. The lowest BCUT2D eigenvalue weighted by Gasteiger charge is -2.40. The van der Waals surface area contributed by atoms with Crippen LogP contribution < -0.4 is 5.32 Å². The van der Waals surface area contributed by atoms with E-state index < -0.39 is 0 Å². The van der Waals surface area contributed by atoms with Crippen molar-refractivity contribution >= 4 is 5.91 Å². The van der Waals surface area contributed by atoms with Crippen LogP contribution in [0.4, 0.5) is 0 Å². The Morgan fingerprint density at radius 3 is 2.53 bits per heavy atom. The van der Waals surface area contributed by atoms with Crippen molar-refractivity contribution in [2.24, 2.45) is 11.3 Å². The maximum absolute atomic E-state index is 11.6. The van der Waals surface area contributed by atoms with E-state index in [2.05, 4.69) is 26.1 Å². The van der Waals surface area contributed by atoms with E-state index in [4.69, 9.17) is 0 Å². The quantitative estimate of drug-likeness (QED) is 0.816. The fourth-order valence-electron chi connectivity index (χ4n) is 2.61. The molecule has 19 heavy (non-hydrogen) atoms. The molecule has 0 aromatic rings. The van der Waals surface area contributed by atoms with Crippen LogP contribution in [0.15, 0.2) is 0 Å². The fraction of sp³-hybridized carbons (Fsp3) is 0.933. The number of aliphatic hydroxyl groups excluding tert-OH is 1. The van der Waals surface area contributed by atoms with Gasteiger partial charge in [-0.3, -0.25) is 4.79 Å². The average molecular weight is 270 g/mol. The number of carbonyl (C=O) groups is 1. The first kappa shape index (κ1) is 16.4. The molecular weight excluding hydrogens is 240 g/mol. The molecule has 1 rings (SSSR count). The highest BCUT2D eigenvalue weighted by Crippen LogP contribution is 2.23. The number of rotatable bonds is 4. The SMILES string of the molecule is CCC(O)C1CC(NCC(C)(C)C)CN(C(C)=O)C1. The zero-order valence-electron chi connectivity index (χ0n) is 13.1. The minimum Gasteiger partial charge on any atom is -0.393 e. The third-order valence-electron chi connectivity index (χ3n) is 3.81. The lowest BCUT2D eigenvalue weighted by atomic mass is 9.87. The standard InChI is InChI=1S/C15H30N2O2/c1-6-14(19)12-7-13(16-10-15(3,4)5)9-17(8-12)11(2)18/h12-14,16,19H,6-10H2,1-5H3. The summed E-state index contributed by atoms with van der Waals surface area (Å²) in [5, 5.41) is 13.6. The number of nitrogens with one attached hydrogen (secondary N) is 1. The normalized spacial score (nSPS) is 26.3. The molecule has 0 saturated carbocycles. The van der Waals surface area contributed by atoms with Crippen molar-refractivity contribution in [3.8, 4) is 0 Å². The molecule has 3 atom stereocenters. The van der Waals surface area contributed by atoms with Gasteiger partial charge in [0.25, 0.3) is 0 Å². The Hall–Kier alpha value is -0.610. The van der Waals surface area contributed by atoms with Crippen molar-refractivity contribution in [3.63, 3.8) is 0 Å².